The minimum atomic E-state index is 0.0158. The molecule has 2 saturated heterocycles. The van der Waals surface area contributed by atoms with Gasteiger partial charge in [0.15, 0.2) is 11.6 Å². The maximum Gasteiger partial charge on any atom is 0.159 e. The van der Waals surface area contributed by atoms with Crippen molar-refractivity contribution in [3.63, 3.8) is 0 Å². The minimum Gasteiger partial charge on any atom is -0.500 e. The summed E-state index contributed by atoms with van der Waals surface area (Å²) in [5.74, 6) is 0.927. The Kier molecular flexibility index (Phi) is 2.36. The molecule has 2 bridgehead atoms. The molecule has 0 aromatic heterocycles. The number of likely N-dealkylation sites (N-methyl/N-ethyl adjacent to an activating group) is 1. The molecule has 4 atom stereocenters. The maximum absolute atomic E-state index is 11.9. The zero-order valence-electron chi connectivity index (χ0n) is 10.2. The van der Waals surface area contributed by atoms with Crippen LogP contribution in [0.5, 0.6) is 0 Å². The van der Waals surface area contributed by atoms with E-state index in [0.717, 1.165) is 12.0 Å². The molecular weight excluding hydrogens is 218 g/mol. The molecule has 2 fully saturated rings. The number of carbonyl (C=O) groups excluding carboxylic acids is 2. The summed E-state index contributed by atoms with van der Waals surface area (Å²) in [6.07, 6.45) is 3.01. The zero-order chi connectivity index (χ0) is 12.2. The second-order valence-corrected chi connectivity index (χ2v) is 5.39. The number of piperidine rings is 1. The fourth-order valence-electron chi connectivity index (χ4n) is 3.64. The van der Waals surface area contributed by atoms with Crippen molar-refractivity contribution in [1.29, 1.82) is 0 Å². The highest BCUT2D eigenvalue weighted by atomic mass is 16.5. The summed E-state index contributed by atoms with van der Waals surface area (Å²) in [6.45, 7) is 2.22. The van der Waals surface area contributed by atoms with E-state index in [1.165, 1.54) is 0 Å². The zero-order valence-corrected chi connectivity index (χ0v) is 10.2. The molecule has 4 heteroatoms. The number of hydrogen-bond acceptors (Lipinski definition) is 4. The van der Waals surface area contributed by atoms with E-state index in [-0.39, 0.29) is 23.8 Å². The Morgan fingerprint density at radius 3 is 3.00 bits per heavy atom. The summed E-state index contributed by atoms with van der Waals surface area (Å²) in [5, 5.41) is 0. The second kappa shape index (κ2) is 3.67. The van der Waals surface area contributed by atoms with Gasteiger partial charge in [0.1, 0.15) is 0 Å². The smallest absolute Gasteiger partial charge is 0.159 e. The molecule has 0 radical (unpaired) electrons. The quantitative estimate of drug-likeness (QED) is 0.673. The van der Waals surface area contributed by atoms with Crippen molar-refractivity contribution in [3.8, 4) is 0 Å². The van der Waals surface area contributed by atoms with Gasteiger partial charge in [0, 0.05) is 24.0 Å². The Morgan fingerprint density at radius 2 is 2.29 bits per heavy atom. The van der Waals surface area contributed by atoms with Crippen LogP contribution in [0.15, 0.2) is 11.8 Å². The predicted octanol–water partition coefficient (Wildman–Crippen LogP) is 0.767. The van der Waals surface area contributed by atoms with Crippen LogP contribution in [0.25, 0.3) is 0 Å². The number of hydrogen-bond donors (Lipinski definition) is 0. The lowest BCUT2D eigenvalue weighted by Crippen LogP contribution is -2.50. The van der Waals surface area contributed by atoms with E-state index in [2.05, 4.69) is 4.90 Å². The van der Waals surface area contributed by atoms with Crippen molar-refractivity contribution < 1.29 is 14.3 Å². The first-order valence-corrected chi connectivity index (χ1v) is 6.17. The molecule has 0 aromatic carbocycles. The van der Waals surface area contributed by atoms with Gasteiger partial charge in [-0.1, -0.05) is 0 Å². The summed E-state index contributed by atoms with van der Waals surface area (Å²) in [6, 6.07) is 0.274. The van der Waals surface area contributed by atoms with Gasteiger partial charge in [-0.25, -0.2) is 0 Å². The highest BCUT2D eigenvalue weighted by molar-refractivity contribution is 5.94. The molecule has 3 aliphatic rings. The molecule has 0 aromatic rings. The molecule has 0 aliphatic carbocycles. The normalized spacial score (nSPS) is 40.6. The molecule has 3 rings (SSSR count). The second-order valence-electron chi connectivity index (χ2n) is 5.39. The van der Waals surface area contributed by atoms with Crippen LogP contribution in [0.4, 0.5) is 0 Å². The van der Waals surface area contributed by atoms with Crippen molar-refractivity contribution in [2.24, 2.45) is 11.8 Å². The monoisotopic (exact) mass is 235 g/mol. The number of allylic oxidation sites excluding steroid dienone is 1. The van der Waals surface area contributed by atoms with Crippen LogP contribution < -0.4 is 0 Å². The third kappa shape index (κ3) is 1.47. The standard InChI is InChI=1S/C13H17NO3/c1-7(15)9-5-17-6-10-8(9)3-12-13(16)4-11(10)14(12)2/h5,8,10-12H,3-4,6H2,1-2H3/t8-,10+,11-,12-/m0/s1. The molecule has 0 unspecified atom stereocenters. The molecule has 4 nitrogen and oxygen atoms in total. The van der Waals surface area contributed by atoms with Gasteiger partial charge >= 0.3 is 0 Å². The molecule has 3 heterocycles. The number of ketones is 2. The van der Waals surface area contributed by atoms with Crippen LogP contribution >= 0.6 is 0 Å². The van der Waals surface area contributed by atoms with Crippen LogP contribution in [-0.2, 0) is 14.3 Å². The van der Waals surface area contributed by atoms with Gasteiger partial charge in [0.2, 0.25) is 0 Å². The summed E-state index contributed by atoms with van der Waals surface area (Å²) in [4.78, 5) is 25.7. The van der Waals surface area contributed by atoms with E-state index in [4.69, 9.17) is 4.74 Å². The maximum atomic E-state index is 11.9. The van der Waals surface area contributed by atoms with E-state index in [1.54, 1.807) is 13.2 Å². The van der Waals surface area contributed by atoms with Gasteiger partial charge in [-0.3, -0.25) is 14.5 Å². The predicted molar refractivity (Wildman–Crippen MR) is 61.3 cm³/mol. The number of Topliss-reactive ketones (excluding diaryl/α,β-unsaturated/α-hetero) is 2. The van der Waals surface area contributed by atoms with E-state index in [1.807, 2.05) is 7.05 Å². The third-order valence-electron chi connectivity index (χ3n) is 4.59. The van der Waals surface area contributed by atoms with Crippen molar-refractivity contribution in [2.45, 2.75) is 31.8 Å². The van der Waals surface area contributed by atoms with Gasteiger partial charge in [-0.05, 0) is 26.3 Å². The van der Waals surface area contributed by atoms with E-state index >= 15 is 0 Å². The lowest BCUT2D eigenvalue weighted by atomic mass is 9.74. The van der Waals surface area contributed by atoms with Gasteiger partial charge < -0.3 is 4.74 Å². The number of nitrogens with zero attached hydrogens (tertiary/aromatic N) is 1. The molecule has 3 aliphatic heterocycles. The van der Waals surface area contributed by atoms with Crippen LogP contribution in [0.3, 0.4) is 0 Å². The first kappa shape index (κ1) is 11.0. The number of fused-ring (bicyclic) bond motifs is 4. The fourth-order valence-corrected chi connectivity index (χ4v) is 3.64. The SMILES string of the molecule is CC(=O)C1=COC[C@@H]2[C@H]1C[C@H]1C(=O)C[C@@H]2N1C. The molecular formula is C13H17NO3. The Morgan fingerprint density at radius 1 is 1.53 bits per heavy atom. The van der Waals surface area contributed by atoms with Crippen molar-refractivity contribution >= 4 is 11.6 Å². The summed E-state index contributed by atoms with van der Waals surface area (Å²) in [7, 11) is 2.02. The van der Waals surface area contributed by atoms with E-state index < -0.39 is 0 Å². The average molecular weight is 235 g/mol. The summed E-state index contributed by atoms with van der Waals surface area (Å²) >= 11 is 0. The highest BCUT2D eigenvalue weighted by Crippen LogP contribution is 2.44. The molecule has 17 heavy (non-hydrogen) atoms. The first-order chi connectivity index (χ1) is 8.09. The Bertz CT molecular complexity index is 415. The molecule has 0 spiro atoms. The lowest BCUT2D eigenvalue weighted by molar-refractivity contribution is -0.121. The van der Waals surface area contributed by atoms with Crippen LogP contribution in [0.1, 0.15) is 19.8 Å². The molecule has 0 amide bonds. The van der Waals surface area contributed by atoms with Crippen molar-refractivity contribution in [1.82, 2.24) is 4.90 Å². The van der Waals surface area contributed by atoms with Crippen LogP contribution in [0, 0.1) is 11.8 Å². The Hall–Kier alpha value is -1.16. The Balaban J connectivity index is 1.95. The minimum absolute atomic E-state index is 0.0158. The third-order valence-corrected chi connectivity index (χ3v) is 4.59. The fraction of sp³-hybridized carbons (Fsp3) is 0.692. The largest absolute Gasteiger partial charge is 0.500 e. The number of rotatable bonds is 1. The number of ether oxygens (including phenoxy) is 1. The van der Waals surface area contributed by atoms with Crippen molar-refractivity contribution in [2.75, 3.05) is 13.7 Å². The lowest BCUT2D eigenvalue weighted by Gasteiger charge is -2.44. The van der Waals surface area contributed by atoms with Gasteiger partial charge in [-0.2, -0.15) is 0 Å². The number of carbonyl (C=O) groups is 2. The average Bonchev–Trinajstić information content (AvgIpc) is 2.48. The Labute approximate surface area is 101 Å². The molecule has 92 valence electrons. The van der Waals surface area contributed by atoms with Gasteiger partial charge in [0.05, 0.1) is 18.9 Å². The molecule has 0 N–H and O–H groups in total. The van der Waals surface area contributed by atoms with Crippen LogP contribution in [-0.4, -0.2) is 42.2 Å². The summed E-state index contributed by atoms with van der Waals surface area (Å²) in [5.41, 5.74) is 0.777. The first-order valence-electron chi connectivity index (χ1n) is 6.17. The van der Waals surface area contributed by atoms with E-state index in [0.29, 0.717) is 24.7 Å². The van der Waals surface area contributed by atoms with Gasteiger partial charge in [-0.15, -0.1) is 0 Å². The molecule has 0 saturated carbocycles. The van der Waals surface area contributed by atoms with E-state index in [9.17, 15) is 9.59 Å². The van der Waals surface area contributed by atoms with Gasteiger partial charge in [0.25, 0.3) is 0 Å². The van der Waals surface area contributed by atoms with Crippen molar-refractivity contribution in [3.05, 3.63) is 11.8 Å². The highest BCUT2D eigenvalue weighted by Gasteiger charge is 2.52. The van der Waals surface area contributed by atoms with Crippen LogP contribution in [0.2, 0.25) is 0 Å². The topological polar surface area (TPSA) is 46.6 Å². The summed E-state index contributed by atoms with van der Waals surface area (Å²) < 4.78 is 5.43.